The van der Waals surface area contributed by atoms with Crippen LogP contribution in [0.1, 0.15) is 25.3 Å². The van der Waals surface area contributed by atoms with Gasteiger partial charge in [-0.1, -0.05) is 61.9 Å². The first-order valence-electron chi connectivity index (χ1n) is 11.8. The van der Waals surface area contributed by atoms with Crippen LogP contribution in [0.3, 0.4) is 0 Å². The summed E-state index contributed by atoms with van der Waals surface area (Å²) < 4.78 is 46.9. The van der Waals surface area contributed by atoms with Gasteiger partial charge >= 0.3 is 12.3 Å². The van der Waals surface area contributed by atoms with Gasteiger partial charge in [0.05, 0.1) is 4.90 Å². The predicted molar refractivity (Wildman–Crippen MR) is 138 cm³/mol. The number of nitrogens with zero attached hydrogens (tertiary/aromatic N) is 1. The summed E-state index contributed by atoms with van der Waals surface area (Å²) in [5.74, 6) is -2.19. The third kappa shape index (κ3) is 7.86. The summed E-state index contributed by atoms with van der Waals surface area (Å²) in [5, 5.41) is 8.68. The molecule has 0 aliphatic carbocycles. The zero-order valence-electron chi connectivity index (χ0n) is 20.3. The molecule has 3 aromatic carbocycles. The van der Waals surface area contributed by atoms with Gasteiger partial charge in [-0.2, -0.15) is 9.11 Å². The Bertz CT molecular complexity index is 1270. The molecule has 0 radical (unpaired) electrons. The lowest BCUT2D eigenvalue weighted by molar-refractivity contribution is -0.153. The number of rotatable bonds is 13. The smallest absolute Gasteiger partial charge is 0.378 e. The van der Waals surface area contributed by atoms with Gasteiger partial charge in [-0.3, -0.25) is 4.79 Å². The normalized spacial score (nSPS) is 12.9. The maximum Gasteiger partial charge on any atom is 0.378 e. The van der Waals surface area contributed by atoms with Crippen LogP contribution in [0.5, 0.6) is 5.75 Å². The molecule has 0 spiro atoms. The van der Waals surface area contributed by atoms with E-state index < -0.39 is 34.3 Å². The quantitative estimate of drug-likeness (QED) is 0.344. The third-order valence-electron chi connectivity index (χ3n) is 5.52. The van der Waals surface area contributed by atoms with Crippen LogP contribution >= 0.6 is 0 Å². The first-order valence-corrected chi connectivity index (χ1v) is 13.3. The Balaban J connectivity index is 1.92. The molecule has 2 unspecified atom stereocenters. The number of para-hydroxylation sites is 1. The van der Waals surface area contributed by atoms with E-state index in [-0.39, 0.29) is 17.1 Å². The number of hydrogen-bond acceptors (Lipinski definition) is 5. The number of nitrogens with one attached hydrogen (secondary N) is 1. The number of sulfonamides is 1. The van der Waals surface area contributed by atoms with Gasteiger partial charge in [0.25, 0.3) is 0 Å². The van der Waals surface area contributed by atoms with Crippen molar-refractivity contribution in [3.05, 3.63) is 90.5 Å². The number of amides is 1. The number of aliphatic carboxylic acids is 1. The van der Waals surface area contributed by atoms with Crippen molar-refractivity contribution in [1.29, 1.82) is 0 Å². The average molecular weight is 529 g/mol. The lowest BCUT2D eigenvalue weighted by Crippen LogP contribution is -2.50. The molecule has 3 rings (SSSR count). The molecule has 0 saturated heterocycles. The molecule has 37 heavy (non-hydrogen) atoms. The number of alkyl halides is 1. The van der Waals surface area contributed by atoms with Crippen molar-refractivity contribution in [1.82, 2.24) is 4.72 Å². The minimum atomic E-state index is -4.03. The highest BCUT2D eigenvalue weighted by atomic mass is 32.2. The number of ether oxygens (including phenoxy) is 1. The highest BCUT2D eigenvalue weighted by Crippen LogP contribution is 2.20. The first kappa shape index (κ1) is 27.8. The van der Waals surface area contributed by atoms with E-state index in [2.05, 4.69) is 4.72 Å². The van der Waals surface area contributed by atoms with E-state index >= 15 is 0 Å². The van der Waals surface area contributed by atoms with Crippen LogP contribution in [0.25, 0.3) is 0 Å². The highest BCUT2D eigenvalue weighted by Gasteiger charge is 2.30. The fourth-order valence-electron chi connectivity index (χ4n) is 3.62. The van der Waals surface area contributed by atoms with Gasteiger partial charge in [0.1, 0.15) is 11.8 Å². The second-order valence-corrected chi connectivity index (χ2v) is 10.0. The molecule has 1 amide bonds. The molecule has 0 heterocycles. The molecular weight excluding hydrogens is 499 g/mol. The molecule has 0 fully saturated rings. The van der Waals surface area contributed by atoms with E-state index in [0.717, 1.165) is 12.8 Å². The molecule has 2 atom stereocenters. The standard InChI is InChI=1S/C27H29FN2O6S/c1-2-3-18-30(21-10-6-4-7-11-21)26(31)24(29-37(34,35)23-12-8-5-9-13-23)19-20-14-16-22(17-15-20)36-25(28)27(32)33/h4-17,24-25,29H,2-3,18-19H2,1H3,(H,32,33). The lowest BCUT2D eigenvalue weighted by Gasteiger charge is -2.28. The van der Waals surface area contributed by atoms with Gasteiger partial charge in [0, 0.05) is 12.2 Å². The Hall–Kier alpha value is -3.76. The number of halogens is 1. The van der Waals surface area contributed by atoms with Gasteiger partial charge in [0.15, 0.2) is 0 Å². The topological polar surface area (TPSA) is 113 Å². The Kier molecular flexibility index (Phi) is 9.76. The molecule has 8 nitrogen and oxygen atoms in total. The number of carbonyl (C=O) groups excluding carboxylic acids is 1. The predicted octanol–water partition coefficient (Wildman–Crippen LogP) is 4.17. The molecule has 0 aromatic heterocycles. The number of anilines is 1. The van der Waals surface area contributed by atoms with Crippen LogP contribution in [0.2, 0.25) is 0 Å². The maximum atomic E-state index is 13.8. The second-order valence-electron chi connectivity index (χ2n) is 8.29. The van der Waals surface area contributed by atoms with Crippen molar-refractivity contribution in [2.45, 2.75) is 43.5 Å². The molecular formula is C27H29FN2O6S. The van der Waals surface area contributed by atoms with E-state index in [4.69, 9.17) is 9.84 Å². The van der Waals surface area contributed by atoms with Crippen LogP contribution in [0.4, 0.5) is 10.1 Å². The molecule has 0 aliphatic heterocycles. The van der Waals surface area contributed by atoms with Gasteiger partial charge in [-0.25, -0.2) is 13.2 Å². The third-order valence-corrected chi connectivity index (χ3v) is 7.00. The van der Waals surface area contributed by atoms with Crippen molar-refractivity contribution < 1.29 is 32.2 Å². The Morgan fingerprint density at radius 1 is 0.973 bits per heavy atom. The number of hydrogen-bond donors (Lipinski definition) is 2. The molecule has 10 heteroatoms. The van der Waals surface area contributed by atoms with Gasteiger partial charge in [0.2, 0.25) is 15.9 Å². The van der Waals surface area contributed by atoms with Crippen molar-refractivity contribution in [3.8, 4) is 5.75 Å². The Labute approximate surface area is 215 Å². The van der Waals surface area contributed by atoms with Crippen LogP contribution in [0.15, 0.2) is 89.8 Å². The molecule has 196 valence electrons. The molecule has 0 saturated carbocycles. The summed E-state index contributed by atoms with van der Waals surface area (Å²) in [4.78, 5) is 26.1. The largest absolute Gasteiger partial charge is 0.476 e. The van der Waals surface area contributed by atoms with Crippen LogP contribution in [0, 0.1) is 0 Å². The van der Waals surface area contributed by atoms with Crippen LogP contribution in [-0.4, -0.2) is 44.3 Å². The molecule has 2 N–H and O–H groups in total. The summed E-state index contributed by atoms with van der Waals surface area (Å²) in [6.07, 6.45) is -0.960. The lowest BCUT2D eigenvalue weighted by atomic mass is 10.0. The van der Waals surface area contributed by atoms with Gasteiger partial charge < -0.3 is 14.7 Å². The Morgan fingerprint density at radius 3 is 2.14 bits per heavy atom. The Morgan fingerprint density at radius 2 is 1.57 bits per heavy atom. The number of benzene rings is 3. The van der Waals surface area contributed by atoms with Crippen molar-refractivity contribution in [2.24, 2.45) is 0 Å². The van der Waals surface area contributed by atoms with Crippen molar-refractivity contribution in [2.75, 3.05) is 11.4 Å². The summed E-state index contributed by atoms with van der Waals surface area (Å²) in [6.45, 7) is 2.40. The van der Waals surface area contributed by atoms with E-state index in [0.29, 0.717) is 17.8 Å². The van der Waals surface area contributed by atoms with E-state index in [1.807, 2.05) is 13.0 Å². The fourth-order valence-corrected chi connectivity index (χ4v) is 4.83. The fraction of sp³-hybridized carbons (Fsp3) is 0.259. The maximum absolute atomic E-state index is 13.8. The first-order chi connectivity index (χ1) is 17.7. The summed E-state index contributed by atoms with van der Waals surface area (Å²) in [7, 11) is -4.03. The monoisotopic (exact) mass is 528 g/mol. The molecule has 0 bridgehead atoms. The van der Waals surface area contributed by atoms with E-state index in [1.54, 1.807) is 47.4 Å². The van der Waals surface area contributed by atoms with Crippen molar-refractivity contribution >= 4 is 27.6 Å². The number of unbranched alkanes of at least 4 members (excludes halogenated alkanes) is 1. The average Bonchev–Trinajstić information content (AvgIpc) is 2.90. The van der Waals surface area contributed by atoms with Gasteiger partial charge in [-0.05, 0) is 54.8 Å². The minimum Gasteiger partial charge on any atom is -0.476 e. The minimum absolute atomic E-state index is 0.00137. The molecule has 0 aliphatic rings. The molecule has 3 aromatic rings. The SMILES string of the molecule is CCCCN(C(=O)C(Cc1ccc(OC(F)C(=O)O)cc1)NS(=O)(=O)c1ccccc1)c1ccccc1. The van der Waals surface area contributed by atoms with Crippen molar-refractivity contribution in [3.63, 3.8) is 0 Å². The summed E-state index contributed by atoms with van der Waals surface area (Å²) >= 11 is 0. The van der Waals surface area contributed by atoms with Crippen LogP contribution in [-0.2, 0) is 26.0 Å². The number of carboxylic acids is 1. The number of carbonyl (C=O) groups is 2. The zero-order valence-corrected chi connectivity index (χ0v) is 21.1. The van der Waals surface area contributed by atoms with E-state index in [9.17, 15) is 22.4 Å². The van der Waals surface area contributed by atoms with E-state index in [1.165, 1.54) is 36.4 Å². The summed E-state index contributed by atoms with van der Waals surface area (Å²) in [6, 6.07) is 21.4. The van der Waals surface area contributed by atoms with Gasteiger partial charge in [-0.15, -0.1) is 0 Å². The number of carboxylic acid groups (broad SMARTS) is 1. The second kappa shape index (κ2) is 13.0. The zero-order chi connectivity index (χ0) is 26.8. The van der Waals surface area contributed by atoms with Crippen LogP contribution < -0.4 is 14.4 Å². The summed E-state index contributed by atoms with van der Waals surface area (Å²) in [5.41, 5.74) is 1.21. The highest BCUT2D eigenvalue weighted by molar-refractivity contribution is 7.89.